The van der Waals surface area contributed by atoms with E-state index >= 15 is 0 Å². The number of hydrogen-bond acceptors (Lipinski definition) is 6. The van der Waals surface area contributed by atoms with Crippen LogP contribution in [0.4, 0.5) is 11.4 Å². The predicted molar refractivity (Wildman–Crippen MR) is 61.7 cm³/mol. The van der Waals surface area contributed by atoms with E-state index in [2.05, 4.69) is 0 Å². The van der Waals surface area contributed by atoms with Gasteiger partial charge in [-0.25, -0.2) is 0 Å². The highest BCUT2D eigenvalue weighted by atomic mass is 32.2. The van der Waals surface area contributed by atoms with Gasteiger partial charge in [0, 0.05) is 24.3 Å². The van der Waals surface area contributed by atoms with Gasteiger partial charge in [-0.15, -0.1) is 0 Å². The molecule has 0 amide bonds. The van der Waals surface area contributed by atoms with Crippen LogP contribution in [0.15, 0.2) is 18.2 Å². The van der Waals surface area contributed by atoms with Gasteiger partial charge in [0.05, 0.1) is 15.9 Å². The molecule has 0 saturated heterocycles. The van der Waals surface area contributed by atoms with Crippen LogP contribution in [0.25, 0.3) is 0 Å². The van der Waals surface area contributed by atoms with Gasteiger partial charge in [0.25, 0.3) is 11.4 Å². The maximum atomic E-state index is 10.8. The van der Waals surface area contributed by atoms with Gasteiger partial charge < -0.3 is 0 Å². The number of carbonyl (C=O) groups is 1. The maximum Gasteiger partial charge on any atom is 0.280 e. The van der Waals surface area contributed by atoms with Gasteiger partial charge in [-0.05, 0) is 6.07 Å². The molecule has 0 bridgehead atoms. The summed E-state index contributed by atoms with van der Waals surface area (Å²) >= 11 is 0.917. The number of thioether (sulfide) groups is 1. The molecule has 0 aliphatic heterocycles. The summed E-state index contributed by atoms with van der Waals surface area (Å²) in [7, 11) is 0. The fourth-order valence-corrected chi connectivity index (χ4v) is 1.74. The van der Waals surface area contributed by atoms with E-state index in [4.69, 9.17) is 0 Å². The molecule has 8 heteroatoms. The second kappa shape index (κ2) is 5.39. The number of benzene rings is 1. The Bertz CT molecular complexity index is 488. The third kappa shape index (κ3) is 3.52. The van der Waals surface area contributed by atoms with Crippen LogP contribution < -0.4 is 0 Å². The average Bonchev–Trinajstić information content (AvgIpc) is 2.25. The van der Waals surface area contributed by atoms with Gasteiger partial charge >= 0.3 is 0 Å². The van der Waals surface area contributed by atoms with E-state index in [1.54, 1.807) is 0 Å². The highest BCUT2D eigenvalue weighted by Crippen LogP contribution is 2.27. The third-order valence-corrected chi connectivity index (χ3v) is 2.77. The maximum absolute atomic E-state index is 10.8. The molecule has 0 unspecified atom stereocenters. The Balaban J connectivity index is 3.08. The van der Waals surface area contributed by atoms with Crippen molar-refractivity contribution in [3.63, 3.8) is 0 Å². The highest BCUT2D eigenvalue weighted by Gasteiger charge is 2.19. The van der Waals surface area contributed by atoms with Crippen molar-refractivity contribution in [3.05, 3.63) is 44.0 Å². The predicted octanol–water partition coefficient (Wildman–Crippen LogP) is 2.28. The summed E-state index contributed by atoms with van der Waals surface area (Å²) < 4.78 is 0. The minimum absolute atomic E-state index is 0.129. The molecule has 0 N–H and O–H groups in total. The number of nitro groups is 2. The van der Waals surface area contributed by atoms with E-state index in [1.807, 2.05) is 0 Å². The molecule has 1 aromatic rings. The van der Waals surface area contributed by atoms with Gasteiger partial charge in [0.15, 0.2) is 5.12 Å². The molecule has 90 valence electrons. The number of nitrogens with zero attached hydrogens (tertiary/aromatic N) is 2. The lowest BCUT2D eigenvalue weighted by Crippen LogP contribution is -1.97. The van der Waals surface area contributed by atoms with Crippen LogP contribution in [0.2, 0.25) is 0 Å². The standard InChI is InChI=1S/C9H8N2O5S/c1-6(12)17-5-7-2-3-8(10(13)14)4-9(7)11(15)16/h2-4H,5H2,1H3. The van der Waals surface area contributed by atoms with Gasteiger partial charge in [-0.1, -0.05) is 11.8 Å². The molecule has 0 aliphatic rings. The number of non-ortho nitro benzene ring substituents is 1. The lowest BCUT2D eigenvalue weighted by Gasteiger charge is -2.01. The van der Waals surface area contributed by atoms with Crippen molar-refractivity contribution in [2.75, 3.05) is 0 Å². The summed E-state index contributed by atoms with van der Waals surface area (Å²) in [5, 5.41) is 21.0. The van der Waals surface area contributed by atoms with Crippen LogP contribution in [0.5, 0.6) is 0 Å². The van der Waals surface area contributed by atoms with Crippen molar-refractivity contribution in [1.82, 2.24) is 0 Å². The van der Waals surface area contributed by atoms with Crippen molar-refractivity contribution in [2.24, 2.45) is 0 Å². The zero-order chi connectivity index (χ0) is 13.0. The number of carbonyl (C=O) groups excluding carboxylic acids is 1. The van der Waals surface area contributed by atoms with Crippen molar-refractivity contribution in [3.8, 4) is 0 Å². The molecule has 1 rings (SSSR count). The van der Waals surface area contributed by atoms with Gasteiger partial charge in [-0.3, -0.25) is 25.0 Å². The Morgan fingerprint density at radius 2 is 1.94 bits per heavy atom. The summed E-state index contributed by atoms with van der Waals surface area (Å²) in [5.41, 5.74) is -0.387. The van der Waals surface area contributed by atoms with Crippen LogP contribution in [0.3, 0.4) is 0 Å². The van der Waals surface area contributed by atoms with E-state index in [0.717, 1.165) is 17.8 Å². The molecular formula is C9H8N2O5S. The van der Waals surface area contributed by atoms with Crippen molar-refractivity contribution < 1.29 is 14.6 Å². The van der Waals surface area contributed by atoms with E-state index in [-0.39, 0.29) is 22.2 Å². The lowest BCUT2D eigenvalue weighted by molar-refractivity contribution is -0.394. The molecule has 0 radical (unpaired) electrons. The summed E-state index contributed by atoms with van der Waals surface area (Å²) in [5.74, 6) is 0.129. The third-order valence-electron chi connectivity index (χ3n) is 1.91. The molecule has 0 fully saturated rings. The molecule has 0 spiro atoms. The quantitative estimate of drug-likeness (QED) is 0.604. The molecular weight excluding hydrogens is 248 g/mol. The van der Waals surface area contributed by atoms with Crippen LogP contribution in [-0.2, 0) is 10.5 Å². The zero-order valence-electron chi connectivity index (χ0n) is 8.78. The highest BCUT2D eigenvalue weighted by molar-refractivity contribution is 8.12. The molecule has 0 aliphatic carbocycles. The first kappa shape index (κ1) is 13.1. The fourth-order valence-electron chi connectivity index (χ4n) is 1.14. The monoisotopic (exact) mass is 256 g/mol. The van der Waals surface area contributed by atoms with Gasteiger partial charge in [0.1, 0.15) is 0 Å². The van der Waals surface area contributed by atoms with Crippen LogP contribution in [0, 0.1) is 20.2 Å². The first-order chi connectivity index (χ1) is 7.91. The van der Waals surface area contributed by atoms with Crippen molar-refractivity contribution in [1.29, 1.82) is 0 Å². The minimum Gasteiger partial charge on any atom is -0.288 e. The first-order valence-electron chi connectivity index (χ1n) is 4.47. The summed E-state index contributed by atoms with van der Waals surface area (Å²) in [6.07, 6.45) is 0. The number of nitro benzene ring substituents is 2. The Labute approximate surface area is 100 Å². The van der Waals surface area contributed by atoms with E-state index in [9.17, 15) is 25.0 Å². The second-order valence-electron chi connectivity index (χ2n) is 3.11. The van der Waals surface area contributed by atoms with Crippen LogP contribution in [0.1, 0.15) is 12.5 Å². The fraction of sp³-hybridized carbons (Fsp3) is 0.222. The second-order valence-corrected chi connectivity index (χ2v) is 4.26. The number of rotatable bonds is 4. The topological polar surface area (TPSA) is 103 Å². The van der Waals surface area contributed by atoms with Crippen LogP contribution in [-0.4, -0.2) is 15.0 Å². The molecule has 17 heavy (non-hydrogen) atoms. The molecule has 0 saturated carbocycles. The molecule has 7 nitrogen and oxygen atoms in total. The van der Waals surface area contributed by atoms with E-state index in [0.29, 0.717) is 5.56 Å². The Kier molecular flexibility index (Phi) is 4.16. The Morgan fingerprint density at radius 1 is 1.29 bits per heavy atom. The van der Waals surface area contributed by atoms with E-state index in [1.165, 1.54) is 19.1 Å². The smallest absolute Gasteiger partial charge is 0.280 e. The largest absolute Gasteiger partial charge is 0.288 e. The summed E-state index contributed by atoms with van der Waals surface area (Å²) in [6.45, 7) is 1.35. The molecule has 0 aromatic heterocycles. The van der Waals surface area contributed by atoms with Crippen molar-refractivity contribution in [2.45, 2.75) is 12.7 Å². The molecule has 0 atom stereocenters. The van der Waals surface area contributed by atoms with Crippen molar-refractivity contribution >= 4 is 28.3 Å². The average molecular weight is 256 g/mol. The van der Waals surface area contributed by atoms with E-state index < -0.39 is 9.85 Å². The summed E-state index contributed by atoms with van der Waals surface area (Å²) in [6, 6.07) is 3.38. The molecule has 0 heterocycles. The SMILES string of the molecule is CC(=O)SCc1ccc([N+](=O)[O-])cc1[N+](=O)[O-]. The van der Waals surface area contributed by atoms with Crippen LogP contribution >= 0.6 is 11.8 Å². The molecule has 1 aromatic carbocycles. The van der Waals surface area contributed by atoms with Gasteiger partial charge in [-0.2, -0.15) is 0 Å². The minimum atomic E-state index is -0.700. The first-order valence-corrected chi connectivity index (χ1v) is 5.45. The van der Waals surface area contributed by atoms with Gasteiger partial charge in [0.2, 0.25) is 0 Å². The number of hydrogen-bond donors (Lipinski definition) is 0. The summed E-state index contributed by atoms with van der Waals surface area (Å²) in [4.78, 5) is 30.6. The lowest BCUT2D eigenvalue weighted by atomic mass is 10.2. The Morgan fingerprint density at radius 3 is 2.41 bits per heavy atom. The normalized spacial score (nSPS) is 9.94. The Hall–Kier alpha value is -1.96. The zero-order valence-corrected chi connectivity index (χ0v) is 9.60.